The van der Waals surface area contributed by atoms with Gasteiger partial charge in [0.05, 0.1) is 12.2 Å². The van der Waals surface area contributed by atoms with E-state index < -0.39 is 11.6 Å². The molecule has 0 spiro atoms. The van der Waals surface area contributed by atoms with Gasteiger partial charge in [-0.15, -0.1) is 0 Å². The lowest BCUT2D eigenvalue weighted by Crippen LogP contribution is -2.47. The molecule has 0 amide bonds. The molecule has 0 saturated carbocycles. The van der Waals surface area contributed by atoms with Gasteiger partial charge >= 0.3 is 0 Å². The van der Waals surface area contributed by atoms with Crippen LogP contribution in [0.1, 0.15) is 12.1 Å². The Morgan fingerprint density at radius 3 is 2.71 bits per heavy atom. The number of hydrogen-bond acceptors (Lipinski definition) is 6. The van der Waals surface area contributed by atoms with Crippen LogP contribution in [0.2, 0.25) is 0 Å². The summed E-state index contributed by atoms with van der Waals surface area (Å²) in [6.45, 7) is 1.97. The molecule has 1 aliphatic rings. The molecule has 1 N–H and O–H groups in total. The first-order valence-corrected chi connectivity index (χ1v) is 9.17. The highest BCUT2D eigenvalue weighted by Crippen LogP contribution is 2.33. The Labute approximate surface area is 161 Å². The van der Waals surface area contributed by atoms with Crippen LogP contribution in [0.15, 0.2) is 24.4 Å². The number of benzene rings is 1. The van der Waals surface area contributed by atoms with Crippen molar-refractivity contribution in [1.82, 2.24) is 19.7 Å². The van der Waals surface area contributed by atoms with Gasteiger partial charge in [0.15, 0.2) is 5.82 Å². The summed E-state index contributed by atoms with van der Waals surface area (Å²) in [6.07, 6.45) is 2.55. The number of aliphatic hydroxyl groups is 1. The molecule has 148 valence electrons. The van der Waals surface area contributed by atoms with Gasteiger partial charge in [0.2, 0.25) is 5.95 Å². The minimum absolute atomic E-state index is 0.0971. The Bertz CT molecular complexity index is 1000. The van der Waals surface area contributed by atoms with Crippen LogP contribution in [0.4, 0.5) is 20.5 Å². The third kappa shape index (κ3) is 3.49. The lowest BCUT2D eigenvalue weighted by atomic mass is 9.96. The fraction of sp³-hybridized carbons (Fsp3) is 0.421. The quantitative estimate of drug-likeness (QED) is 0.697. The van der Waals surface area contributed by atoms with Crippen LogP contribution in [-0.4, -0.2) is 51.6 Å². The molecule has 28 heavy (non-hydrogen) atoms. The summed E-state index contributed by atoms with van der Waals surface area (Å²) in [7, 11) is 3.65. The fourth-order valence-electron chi connectivity index (χ4n) is 3.51. The molecule has 1 aromatic carbocycles. The highest BCUT2D eigenvalue weighted by Gasteiger charge is 2.30. The van der Waals surface area contributed by atoms with Gasteiger partial charge in [0, 0.05) is 51.4 Å². The number of aliphatic hydroxyl groups excluding tert-OH is 1. The Morgan fingerprint density at radius 2 is 2.04 bits per heavy atom. The van der Waals surface area contributed by atoms with Crippen LogP contribution in [-0.2, 0) is 13.6 Å². The minimum Gasteiger partial charge on any atom is -0.396 e. The van der Waals surface area contributed by atoms with Crippen molar-refractivity contribution < 1.29 is 13.9 Å². The zero-order valence-corrected chi connectivity index (χ0v) is 15.8. The van der Waals surface area contributed by atoms with Crippen molar-refractivity contribution in [2.45, 2.75) is 13.0 Å². The molecule has 0 radical (unpaired) electrons. The average molecular weight is 388 g/mol. The van der Waals surface area contributed by atoms with Crippen molar-refractivity contribution in [3.8, 4) is 0 Å². The van der Waals surface area contributed by atoms with Crippen molar-refractivity contribution in [3.05, 3.63) is 41.7 Å². The molecule has 1 fully saturated rings. The van der Waals surface area contributed by atoms with Gasteiger partial charge in [-0.3, -0.25) is 4.68 Å². The number of anilines is 2. The van der Waals surface area contributed by atoms with Crippen LogP contribution in [0.5, 0.6) is 0 Å². The van der Waals surface area contributed by atoms with E-state index in [2.05, 4.69) is 15.1 Å². The topological polar surface area (TPSA) is 70.3 Å². The first-order valence-electron chi connectivity index (χ1n) is 9.17. The van der Waals surface area contributed by atoms with E-state index in [1.807, 2.05) is 31.3 Å². The monoisotopic (exact) mass is 388 g/mol. The number of rotatable bonds is 6. The van der Waals surface area contributed by atoms with Crippen molar-refractivity contribution in [2.24, 2.45) is 13.0 Å². The summed E-state index contributed by atoms with van der Waals surface area (Å²) in [4.78, 5) is 12.7. The lowest BCUT2D eigenvalue weighted by molar-refractivity contribution is 0.239. The predicted molar refractivity (Wildman–Crippen MR) is 102 cm³/mol. The van der Waals surface area contributed by atoms with Gasteiger partial charge in [0.1, 0.15) is 17.2 Å². The molecule has 0 atom stereocenters. The van der Waals surface area contributed by atoms with Crippen LogP contribution >= 0.6 is 0 Å². The zero-order chi connectivity index (χ0) is 19.8. The van der Waals surface area contributed by atoms with Crippen molar-refractivity contribution in [2.75, 3.05) is 36.5 Å². The first kappa shape index (κ1) is 18.5. The summed E-state index contributed by atoms with van der Waals surface area (Å²) in [5.74, 6) is -0.150. The van der Waals surface area contributed by atoms with Gasteiger partial charge in [-0.1, -0.05) is 0 Å². The van der Waals surface area contributed by atoms with E-state index in [4.69, 9.17) is 5.11 Å². The molecule has 1 aliphatic heterocycles. The molecule has 7 nitrogen and oxygen atoms in total. The van der Waals surface area contributed by atoms with E-state index in [9.17, 15) is 8.78 Å². The normalized spacial score (nSPS) is 14.5. The molecule has 3 aromatic rings. The first-order chi connectivity index (χ1) is 13.4. The highest BCUT2D eigenvalue weighted by molar-refractivity contribution is 5.91. The molecule has 0 unspecified atom stereocenters. The van der Waals surface area contributed by atoms with Gasteiger partial charge in [-0.25, -0.2) is 13.8 Å². The second-order valence-electron chi connectivity index (χ2n) is 7.25. The smallest absolute Gasteiger partial charge is 0.228 e. The Morgan fingerprint density at radius 1 is 1.25 bits per heavy atom. The standard InChI is InChI=1S/C19H22F2N6O/c1-25(11-14-3-5-26(2)24-14)19-22-17-15(7-13(20)8-16(17)21)18(23-19)27-9-12(10-27)4-6-28/h3,5,7-8,12,28H,4,6,9-11H2,1-2H3. The number of aromatic nitrogens is 4. The van der Waals surface area contributed by atoms with Crippen LogP contribution in [0, 0.1) is 17.6 Å². The number of nitrogens with zero attached hydrogens (tertiary/aromatic N) is 6. The SMILES string of the molecule is CN(Cc1ccn(C)n1)c1nc(N2CC(CCO)C2)c2cc(F)cc(F)c2n1. The molecule has 0 bridgehead atoms. The summed E-state index contributed by atoms with van der Waals surface area (Å²) in [5.41, 5.74) is 0.932. The Kier molecular flexibility index (Phi) is 4.84. The van der Waals surface area contributed by atoms with E-state index in [0.717, 1.165) is 11.8 Å². The largest absolute Gasteiger partial charge is 0.396 e. The molecular formula is C19H22F2N6O. The number of hydrogen-bond donors (Lipinski definition) is 1. The second kappa shape index (κ2) is 7.31. The van der Waals surface area contributed by atoms with E-state index in [-0.39, 0.29) is 12.1 Å². The van der Waals surface area contributed by atoms with E-state index in [1.165, 1.54) is 6.07 Å². The fourth-order valence-corrected chi connectivity index (χ4v) is 3.51. The molecule has 9 heteroatoms. The van der Waals surface area contributed by atoms with Gasteiger partial charge < -0.3 is 14.9 Å². The highest BCUT2D eigenvalue weighted by atomic mass is 19.1. The third-order valence-electron chi connectivity index (χ3n) is 4.99. The summed E-state index contributed by atoms with van der Waals surface area (Å²) >= 11 is 0. The predicted octanol–water partition coefficient (Wildman–Crippen LogP) is 2.10. The van der Waals surface area contributed by atoms with Gasteiger partial charge in [0.25, 0.3) is 0 Å². The summed E-state index contributed by atoms with van der Waals surface area (Å²) in [6, 6.07) is 4.01. The van der Waals surface area contributed by atoms with Crippen molar-refractivity contribution in [3.63, 3.8) is 0 Å². The van der Waals surface area contributed by atoms with Crippen molar-refractivity contribution >= 4 is 22.7 Å². The van der Waals surface area contributed by atoms with E-state index in [1.54, 1.807) is 9.58 Å². The zero-order valence-electron chi connectivity index (χ0n) is 15.8. The molecule has 1 saturated heterocycles. The summed E-state index contributed by atoms with van der Waals surface area (Å²) < 4.78 is 30.0. The van der Waals surface area contributed by atoms with Crippen LogP contribution in [0.25, 0.3) is 10.9 Å². The maximum atomic E-state index is 14.5. The molecule has 2 aromatic heterocycles. The molecule has 0 aliphatic carbocycles. The number of aryl methyl sites for hydroxylation is 1. The van der Waals surface area contributed by atoms with E-state index >= 15 is 0 Å². The Hall–Kier alpha value is -2.81. The van der Waals surface area contributed by atoms with E-state index in [0.29, 0.717) is 49.1 Å². The van der Waals surface area contributed by atoms with Gasteiger partial charge in [-0.2, -0.15) is 10.1 Å². The third-order valence-corrected chi connectivity index (χ3v) is 4.99. The molecular weight excluding hydrogens is 366 g/mol. The number of halogens is 2. The minimum atomic E-state index is -0.710. The molecule has 4 rings (SSSR count). The van der Waals surface area contributed by atoms with Crippen LogP contribution in [0.3, 0.4) is 0 Å². The summed E-state index contributed by atoms with van der Waals surface area (Å²) in [5, 5.41) is 13.8. The maximum absolute atomic E-state index is 14.5. The van der Waals surface area contributed by atoms with Crippen LogP contribution < -0.4 is 9.80 Å². The average Bonchev–Trinajstić information content (AvgIpc) is 3.02. The van der Waals surface area contributed by atoms with Crippen molar-refractivity contribution in [1.29, 1.82) is 0 Å². The second-order valence-corrected chi connectivity index (χ2v) is 7.25. The maximum Gasteiger partial charge on any atom is 0.228 e. The number of fused-ring (bicyclic) bond motifs is 1. The van der Waals surface area contributed by atoms with Gasteiger partial charge in [-0.05, 0) is 24.5 Å². The molecule has 3 heterocycles. The Balaban J connectivity index is 1.71. The lowest BCUT2D eigenvalue weighted by Gasteiger charge is -2.40.